The molecule has 34 heavy (non-hydrogen) atoms. The average Bonchev–Trinajstić information content (AvgIpc) is 3.34. The summed E-state index contributed by atoms with van der Waals surface area (Å²) < 4.78 is 11.0. The van der Waals surface area contributed by atoms with Gasteiger partial charge in [-0.3, -0.25) is 14.5 Å². The standard InChI is InChI=1S/C24H27N5O4S/c1-17-5-7-20(8-6-17)33-16-21-27-28-24(34-21)23(31)26-19-4-2-3-18(15-19)22(30)25-9-10-29-11-13-32-14-12-29/h2-8,15H,9-14,16H2,1H3,(H,25,30)(H,26,31). The van der Waals surface area contributed by atoms with Gasteiger partial charge in [-0.25, -0.2) is 0 Å². The Hall–Kier alpha value is -3.34. The van der Waals surface area contributed by atoms with E-state index in [1.165, 1.54) is 11.3 Å². The highest BCUT2D eigenvalue weighted by molar-refractivity contribution is 7.13. The number of carbonyl (C=O) groups is 2. The molecule has 0 saturated carbocycles. The minimum atomic E-state index is -0.385. The monoisotopic (exact) mass is 481 g/mol. The number of rotatable bonds is 9. The molecule has 10 heteroatoms. The van der Waals surface area contributed by atoms with Crippen molar-refractivity contribution < 1.29 is 19.1 Å². The van der Waals surface area contributed by atoms with Gasteiger partial charge in [0.25, 0.3) is 11.8 Å². The Kier molecular flexibility index (Phi) is 8.18. The third-order valence-corrected chi connectivity index (χ3v) is 6.14. The van der Waals surface area contributed by atoms with Crippen molar-refractivity contribution in [2.24, 2.45) is 0 Å². The lowest BCUT2D eigenvalue weighted by molar-refractivity contribution is 0.0383. The summed E-state index contributed by atoms with van der Waals surface area (Å²) in [6, 6.07) is 14.5. The Morgan fingerprint density at radius 1 is 1.09 bits per heavy atom. The number of hydrogen-bond acceptors (Lipinski definition) is 8. The number of aromatic nitrogens is 2. The fourth-order valence-corrected chi connectivity index (χ4v) is 4.01. The Morgan fingerprint density at radius 3 is 2.68 bits per heavy atom. The summed E-state index contributed by atoms with van der Waals surface area (Å²) in [5.74, 6) is 0.159. The predicted molar refractivity (Wildman–Crippen MR) is 129 cm³/mol. The van der Waals surface area contributed by atoms with Crippen LogP contribution in [0.4, 0.5) is 5.69 Å². The van der Waals surface area contributed by atoms with Gasteiger partial charge in [0.2, 0.25) is 5.01 Å². The van der Waals surface area contributed by atoms with E-state index in [-0.39, 0.29) is 23.4 Å². The van der Waals surface area contributed by atoms with Crippen LogP contribution in [0.15, 0.2) is 48.5 Å². The van der Waals surface area contributed by atoms with Crippen molar-refractivity contribution in [1.29, 1.82) is 0 Å². The van der Waals surface area contributed by atoms with Crippen LogP contribution in [-0.4, -0.2) is 66.3 Å². The molecule has 0 atom stereocenters. The van der Waals surface area contributed by atoms with Crippen molar-refractivity contribution in [2.75, 3.05) is 44.7 Å². The maximum absolute atomic E-state index is 12.6. The first-order valence-corrected chi connectivity index (χ1v) is 11.9. The topological polar surface area (TPSA) is 106 Å². The van der Waals surface area contributed by atoms with E-state index in [1.54, 1.807) is 24.3 Å². The molecule has 0 unspecified atom stereocenters. The minimum Gasteiger partial charge on any atom is -0.486 e. The highest BCUT2D eigenvalue weighted by Gasteiger charge is 2.15. The number of morpholine rings is 1. The van der Waals surface area contributed by atoms with Gasteiger partial charge in [-0.2, -0.15) is 0 Å². The van der Waals surface area contributed by atoms with Crippen LogP contribution >= 0.6 is 11.3 Å². The predicted octanol–water partition coefficient (Wildman–Crippen LogP) is 2.74. The first-order chi connectivity index (χ1) is 16.6. The highest BCUT2D eigenvalue weighted by atomic mass is 32.1. The molecule has 178 valence electrons. The molecule has 1 aromatic heterocycles. The van der Waals surface area contributed by atoms with E-state index in [1.807, 2.05) is 31.2 Å². The zero-order chi connectivity index (χ0) is 23.8. The number of benzene rings is 2. The zero-order valence-corrected chi connectivity index (χ0v) is 19.8. The molecule has 0 aliphatic carbocycles. The van der Waals surface area contributed by atoms with Crippen molar-refractivity contribution in [3.8, 4) is 5.75 Å². The summed E-state index contributed by atoms with van der Waals surface area (Å²) in [7, 11) is 0. The summed E-state index contributed by atoms with van der Waals surface area (Å²) in [5, 5.41) is 14.5. The molecule has 3 aromatic rings. The van der Waals surface area contributed by atoms with Gasteiger partial charge in [-0.05, 0) is 37.3 Å². The number of ether oxygens (including phenoxy) is 2. The number of nitrogens with one attached hydrogen (secondary N) is 2. The van der Waals surface area contributed by atoms with Crippen LogP contribution in [0.3, 0.4) is 0 Å². The second-order valence-electron chi connectivity index (χ2n) is 7.85. The first kappa shape index (κ1) is 23.8. The van der Waals surface area contributed by atoms with Crippen LogP contribution in [0.25, 0.3) is 0 Å². The fraction of sp³-hybridized carbons (Fsp3) is 0.333. The summed E-state index contributed by atoms with van der Waals surface area (Å²) >= 11 is 1.17. The molecule has 2 amide bonds. The SMILES string of the molecule is Cc1ccc(OCc2nnc(C(=O)Nc3cccc(C(=O)NCCN4CCOCC4)c3)s2)cc1. The van der Waals surface area contributed by atoms with Crippen molar-refractivity contribution in [3.63, 3.8) is 0 Å². The number of nitrogens with zero attached hydrogens (tertiary/aromatic N) is 3. The Labute approximate surface area is 202 Å². The molecule has 0 radical (unpaired) electrons. The van der Waals surface area contributed by atoms with Gasteiger partial charge >= 0.3 is 0 Å². The molecule has 0 bridgehead atoms. The normalized spacial score (nSPS) is 13.9. The molecular formula is C24H27N5O4S. The number of aryl methyl sites for hydroxylation is 1. The molecule has 2 aromatic carbocycles. The van der Waals surface area contributed by atoms with Gasteiger partial charge in [-0.1, -0.05) is 35.1 Å². The lowest BCUT2D eigenvalue weighted by Crippen LogP contribution is -2.41. The molecule has 1 fully saturated rings. The lowest BCUT2D eigenvalue weighted by Gasteiger charge is -2.26. The van der Waals surface area contributed by atoms with Crippen LogP contribution in [0, 0.1) is 6.92 Å². The molecule has 2 heterocycles. The van der Waals surface area contributed by atoms with Crippen LogP contribution in [0.1, 0.15) is 30.7 Å². The van der Waals surface area contributed by atoms with Crippen molar-refractivity contribution in [1.82, 2.24) is 20.4 Å². The summed E-state index contributed by atoms with van der Waals surface area (Å²) in [6.07, 6.45) is 0. The molecule has 9 nitrogen and oxygen atoms in total. The van der Waals surface area contributed by atoms with Crippen molar-refractivity contribution in [3.05, 3.63) is 69.7 Å². The van der Waals surface area contributed by atoms with E-state index in [2.05, 4.69) is 25.7 Å². The molecule has 2 N–H and O–H groups in total. The van der Waals surface area contributed by atoms with Gasteiger partial charge in [-0.15, -0.1) is 10.2 Å². The Morgan fingerprint density at radius 2 is 1.88 bits per heavy atom. The van der Waals surface area contributed by atoms with E-state index in [9.17, 15) is 9.59 Å². The molecule has 1 aliphatic heterocycles. The highest BCUT2D eigenvalue weighted by Crippen LogP contribution is 2.18. The number of amides is 2. The van der Waals surface area contributed by atoms with E-state index < -0.39 is 0 Å². The van der Waals surface area contributed by atoms with Crippen molar-refractivity contribution in [2.45, 2.75) is 13.5 Å². The Balaban J connectivity index is 1.27. The van der Waals surface area contributed by atoms with Crippen LogP contribution < -0.4 is 15.4 Å². The molecule has 4 rings (SSSR count). The van der Waals surface area contributed by atoms with Crippen LogP contribution in [0.5, 0.6) is 5.75 Å². The molecule has 0 spiro atoms. The van der Waals surface area contributed by atoms with Crippen LogP contribution in [0.2, 0.25) is 0 Å². The smallest absolute Gasteiger partial charge is 0.286 e. The van der Waals surface area contributed by atoms with Crippen molar-refractivity contribution >= 4 is 28.8 Å². The van der Waals surface area contributed by atoms with Gasteiger partial charge in [0.05, 0.1) is 13.2 Å². The molecular weight excluding hydrogens is 454 g/mol. The summed E-state index contributed by atoms with van der Waals surface area (Å²) in [6.45, 7) is 6.78. The maximum atomic E-state index is 12.6. The fourth-order valence-electron chi connectivity index (χ4n) is 3.36. The van der Waals surface area contributed by atoms with E-state index in [0.717, 1.165) is 44.2 Å². The Bertz CT molecular complexity index is 1110. The largest absolute Gasteiger partial charge is 0.486 e. The van der Waals surface area contributed by atoms with E-state index in [4.69, 9.17) is 9.47 Å². The minimum absolute atomic E-state index is 0.184. The zero-order valence-electron chi connectivity index (χ0n) is 19.0. The maximum Gasteiger partial charge on any atom is 0.286 e. The van der Waals surface area contributed by atoms with Gasteiger partial charge < -0.3 is 20.1 Å². The quantitative estimate of drug-likeness (QED) is 0.484. The summed E-state index contributed by atoms with van der Waals surface area (Å²) in [4.78, 5) is 27.4. The van der Waals surface area contributed by atoms with Gasteiger partial charge in [0.15, 0.2) is 5.01 Å². The van der Waals surface area contributed by atoms with Crippen LogP contribution in [-0.2, 0) is 11.3 Å². The lowest BCUT2D eigenvalue weighted by atomic mass is 10.2. The number of anilines is 1. The second kappa shape index (κ2) is 11.7. The van der Waals surface area contributed by atoms with Gasteiger partial charge in [0, 0.05) is 37.4 Å². The first-order valence-electron chi connectivity index (χ1n) is 11.1. The van der Waals surface area contributed by atoms with E-state index >= 15 is 0 Å². The molecule has 1 aliphatic rings. The third kappa shape index (κ3) is 6.83. The third-order valence-electron chi connectivity index (χ3n) is 5.24. The second-order valence-corrected chi connectivity index (χ2v) is 8.91. The molecule has 1 saturated heterocycles. The van der Waals surface area contributed by atoms with Gasteiger partial charge in [0.1, 0.15) is 12.4 Å². The number of hydrogen-bond donors (Lipinski definition) is 2. The van der Waals surface area contributed by atoms with E-state index in [0.29, 0.717) is 22.8 Å². The average molecular weight is 482 g/mol. The number of carbonyl (C=O) groups excluding carboxylic acids is 2. The summed E-state index contributed by atoms with van der Waals surface area (Å²) in [5.41, 5.74) is 2.14.